The summed E-state index contributed by atoms with van der Waals surface area (Å²) in [5.74, 6) is 0.875. The van der Waals surface area contributed by atoms with E-state index in [2.05, 4.69) is 70.6 Å². The summed E-state index contributed by atoms with van der Waals surface area (Å²) in [6, 6.07) is 17.3. The Morgan fingerprint density at radius 2 is 1.89 bits per heavy atom. The second kappa shape index (κ2) is 6.73. The Hall–Kier alpha value is -1.32. The van der Waals surface area contributed by atoms with E-state index in [1.54, 1.807) is 7.11 Å². The molecule has 0 spiro atoms. The normalized spacial score (nSPS) is 12.2. The lowest BCUT2D eigenvalue weighted by atomic mass is 10.1. The van der Waals surface area contributed by atoms with Crippen LogP contribution in [0.25, 0.3) is 0 Å². The van der Waals surface area contributed by atoms with Gasteiger partial charge in [-0.2, -0.15) is 0 Å². The molecule has 0 aromatic heterocycles. The van der Waals surface area contributed by atoms with Gasteiger partial charge < -0.3 is 10.1 Å². The highest BCUT2D eigenvalue weighted by Gasteiger charge is 2.08. The average molecular weight is 321 g/mol. The third-order valence-corrected chi connectivity index (χ3v) is 3.87. The maximum atomic E-state index is 5.24. The third kappa shape index (κ3) is 3.82. The van der Waals surface area contributed by atoms with Gasteiger partial charge in [0.25, 0.3) is 0 Å². The van der Waals surface area contributed by atoms with Crippen LogP contribution in [0.15, 0.2) is 53.0 Å². The van der Waals surface area contributed by atoms with Crippen LogP contribution in [0.3, 0.4) is 0 Å². The molecule has 1 atom stereocenters. The van der Waals surface area contributed by atoms with Crippen molar-refractivity contribution in [2.75, 3.05) is 7.11 Å². The molecular formula is C16H19BrNO+. The molecule has 0 saturated heterocycles. The molecule has 100 valence electrons. The summed E-state index contributed by atoms with van der Waals surface area (Å²) in [6.07, 6.45) is 0. The lowest BCUT2D eigenvalue weighted by molar-refractivity contribution is -0.707. The van der Waals surface area contributed by atoms with E-state index in [0.717, 1.165) is 16.8 Å². The molecule has 2 nitrogen and oxygen atoms in total. The van der Waals surface area contributed by atoms with Crippen LogP contribution in [0.1, 0.15) is 24.1 Å². The van der Waals surface area contributed by atoms with Crippen molar-refractivity contribution in [2.24, 2.45) is 0 Å². The highest BCUT2D eigenvalue weighted by molar-refractivity contribution is 9.10. The first-order chi connectivity index (χ1) is 9.20. The topological polar surface area (TPSA) is 25.8 Å². The molecule has 0 aliphatic heterocycles. The number of rotatable bonds is 5. The smallest absolute Gasteiger partial charge is 0.133 e. The predicted octanol–water partition coefficient (Wildman–Crippen LogP) is 3.28. The standard InChI is InChI=1S/C16H18BrNO/c1-12(14-6-4-3-5-7-14)18-11-13-8-9-16(19-2)15(17)10-13/h3-10,12,18H,11H2,1-2H3/p+1/t12-/m1/s1. The summed E-state index contributed by atoms with van der Waals surface area (Å²) < 4.78 is 6.25. The van der Waals surface area contributed by atoms with Gasteiger partial charge in [-0.1, -0.05) is 30.3 Å². The third-order valence-electron chi connectivity index (χ3n) is 3.25. The molecule has 3 heteroatoms. The number of hydrogen-bond acceptors (Lipinski definition) is 1. The van der Waals surface area contributed by atoms with Crippen molar-refractivity contribution in [3.8, 4) is 5.75 Å². The Morgan fingerprint density at radius 1 is 1.16 bits per heavy atom. The number of hydrogen-bond donors (Lipinski definition) is 1. The molecule has 0 fully saturated rings. The van der Waals surface area contributed by atoms with E-state index in [0.29, 0.717) is 6.04 Å². The van der Waals surface area contributed by atoms with Crippen LogP contribution in [0.2, 0.25) is 0 Å². The first-order valence-electron chi connectivity index (χ1n) is 6.41. The zero-order valence-corrected chi connectivity index (χ0v) is 12.9. The first kappa shape index (κ1) is 14.1. The molecule has 2 aromatic rings. The van der Waals surface area contributed by atoms with E-state index in [9.17, 15) is 0 Å². The summed E-state index contributed by atoms with van der Waals surface area (Å²) in [4.78, 5) is 0. The Labute approximate surface area is 122 Å². The largest absolute Gasteiger partial charge is 0.496 e. The molecule has 0 heterocycles. The molecule has 0 radical (unpaired) electrons. The van der Waals surface area contributed by atoms with Crippen LogP contribution < -0.4 is 10.1 Å². The Bertz CT molecular complexity index is 528. The minimum Gasteiger partial charge on any atom is -0.496 e. The molecular weight excluding hydrogens is 302 g/mol. The zero-order valence-electron chi connectivity index (χ0n) is 11.3. The van der Waals surface area contributed by atoms with Crippen LogP contribution in [0.5, 0.6) is 5.75 Å². The molecule has 0 aliphatic rings. The number of methoxy groups -OCH3 is 1. The van der Waals surface area contributed by atoms with Gasteiger partial charge >= 0.3 is 0 Å². The van der Waals surface area contributed by atoms with Crippen molar-refractivity contribution in [3.05, 3.63) is 64.1 Å². The Balaban J connectivity index is 1.97. The lowest BCUT2D eigenvalue weighted by Gasteiger charge is -2.11. The molecule has 0 amide bonds. The molecule has 2 aromatic carbocycles. The average Bonchev–Trinajstić information content (AvgIpc) is 2.46. The summed E-state index contributed by atoms with van der Waals surface area (Å²) in [7, 11) is 1.68. The van der Waals surface area contributed by atoms with Crippen molar-refractivity contribution >= 4 is 15.9 Å². The summed E-state index contributed by atoms with van der Waals surface area (Å²) in [5.41, 5.74) is 2.64. The molecule has 2 rings (SSSR count). The van der Waals surface area contributed by atoms with Gasteiger partial charge in [-0.25, -0.2) is 0 Å². The second-order valence-corrected chi connectivity index (χ2v) is 5.46. The highest BCUT2D eigenvalue weighted by Crippen LogP contribution is 2.25. The Morgan fingerprint density at radius 3 is 2.53 bits per heavy atom. The predicted molar refractivity (Wildman–Crippen MR) is 81.2 cm³/mol. The first-order valence-corrected chi connectivity index (χ1v) is 7.20. The number of quaternary nitrogens is 1. The fraction of sp³-hybridized carbons (Fsp3) is 0.250. The van der Waals surface area contributed by atoms with Crippen LogP contribution in [0, 0.1) is 0 Å². The van der Waals surface area contributed by atoms with Crippen LogP contribution in [0.4, 0.5) is 0 Å². The lowest BCUT2D eigenvalue weighted by Crippen LogP contribution is -2.83. The van der Waals surface area contributed by atoms with Gasteiger partial charge in [0.1, 0.15) is 18.3 Å². The van der Waals surface area contributed by atoms with Gasteiger partial charge in [0.2, 0.25) is 0 Å². The van der Waals surface area contributed by atoms with Crippen molar-refractivity contribution in [1.29, 1.82) is 0 Å². The van der Waals surface area contributed by atoms with Crippen LogP contribution >= 0.6 is 15.9 Å². The fourth-order valence-electron chi connectivity index (χ4n) is 2.04. The van der Waals surface area contributed by atoms with E-state index in [-0.39, 0.29) is 0 Å². The van der Waals surface area contributed by atoms with Gasteiger partial charge in [0.05, 0.1) is 11.6 Å². The SMILES string of the molecule is COc1ccc(C[NH2+][C@H](C)c2ccccc2)cc1Br. The monoisotopic (exact) mass is 320 g/mol. The van der Waals surface area contributed by atoms with Gasteiger partial charge in [-0.05, 0) is 41.1 Å². The minimum absolute atomic E-state index is 0.460. The van der Waals surface area contributed by atoms with Crippen molar-refractivity contribution < 1.29 is 10.1 Å². The van der Waals surface area contributed by atoms with E-state index in [1.807, 2.05) is 6.07 Å². The maximum Gasteiger partial charge on any atom is 0.133 e. The van der Waals surface area contributed by atoms with Crippen molar-refractivity contribution in [1.82, 2.24) is 0 Å². The van der Waals surface area contributed by atoms with Crippen LogP contribution in [-0.2, 0) is 6.54 Å². The summed E-state index contributed by atoms with van der Waals surface area (Å²) >= 11 is 3.52. The van der Waals surface area contributed by atoms with E-state index in [1.165, 1.54) is 11.1 Å². The van der Waals surface area contributed by atoms with E-state index >= 15 is 0 Å². The fourth-order valence-corrected chi connectivity index (χ4v) is 2.63. The van der Waals surface area contributed by atoms with Crippen molar-refractivity contribution in [3.63, 3.8) is 0 Å². The Kier molecular flexibility index (Phi) is 5.00. The second-order valence-electron chi connectivity index (χ2n) is 4.61. The number of halogens is 1. The zero-order chi connectivity index (χ0) is 13.7. The summed E-state index contributed by atoms with van der Waals surface area (Å²) in [6.45, 7) is 3.19. The number of benzene rings is 2. The quantitative estimate of drug-likeness (QED) is 0.898. The highest BCUT2D eigenvalue weighted by atomic mass is 79.9. The maximum absolute atomic E-state index is 5.24. The molecule has 0 bridgehead atoms. The van der Waals surface area contributed by atoms with E-state index < -0.39 is 0 Å². The molecule has 0 unspecified atom stereocenters. The van der Waals surface area contributed by atoms with Gasteiger partial charge in [0.15, 0.2) is 0 Å². The number of ether oxygens (including phenoxy) is 1. The number of nitrogens with two attached hydrogens (primary N) is 1. The summed E-state index contributed by atoms with van der Waals surface area (Å²) in [5, 5.41) is 2.34. The molecule has 0 aliphatic carbocycles. The van der Waals surface area contributed by atoms with Crippen molar-refractivity contribution in [2.45, 2.75) is 19.5 Å². The molecule has 0 saturated carbocycles. The van der Waals surface area contributed by atoms with Gasteiger partial charge in [-0.3, -0.25) is 0 Å². The minimum atomic E-state index is 0.460. The van der Waals surface area contributed by atoms with Crippen LogP contribution in [-0.4, -0.2) is 7.11 Å². The van der Waals surface area contributed by atoms with Gasteiger partial charge in [-0.15, -0.1) is 0 Å². The molecule has 19 heavy (non-hydrogen) atoms. The van der Waals surface area contributed by atoms with E-state index in [4.69, 9.17) is 4.74 Å². The molecule has 2 N–H and O–H groups in total. The van der Waals surface area contributed by atoms with Gasteiger partial charge in [0, 0.05) is 11.1 Å².